The molecule has 3 rings (SSSR count). The average Bonchev–Trinajstić information content (AvgIpc) is 2.88. The third-order valence-corrected chi connectivity index (χ3v) is 4.03. The van der Waals surface area contributed by atoms with Gasteiger partial charge >= 0.3 is 0 Å². The highest BCUT2D eigenvalue weighted by Gasteiger charge is 2.14. The summed E-state index contributed by atoms with van der Waals surface area (Å²) in [4.78, 5) is 18.6. The normalized spacial score (nSPS) is 11.4. The minimum atomic E-state index is -0.153. The molecule has 0 aliphatic heterocycles. The molecular weight excluding hydrogens is 286 g/mol. The highest BCUT2D eigenvalue weighted by molar-refractivity contribution is 7.98. The summed E-state index contributed by atoms with van der Waals surface area (Å²) in [7, 11) is 0. The van der Waals surface area contributed by atoms with Gasteiger partial charge in [-0.25, -0.2) is 0 Å². The average molecular weight is 301 g/mol. The van der Waals surface area contributed by atoms with Gasteiger partial charge in [0.1, 0.15) is 0 Å². The van der Waals surface area contributed by atoms with Crippen molar-refractivity contribution >= 4 is 17.5 Å². The second-order valence-corrected chi connectivity index (χ2v) is 5.91. The monoisotopic (exact) mass is 301 g/mol. The third-order valence-electron chi connectivity index (χ3n) is 3.07. The molecule has 0 aliphatic carbocycles. The summed E-state index contributed by atoms with van der Waals surface area (Å²) in [6, 6.07) is 7.43. The number of pyridine rings is 1. The van der Waals surface area contributed by atoms with E-state index in [0.717, 1.165) is 16.5 Å². The lowest BCUT2D eigenvalue weighted by Gasteiger charge is -2.09. The fraction of sp³-hybridized carbons (Fsp3) is 0.286. The molecule has 0 spiro atoms. The van der Waals surface area contributed by atoms with E-state index in [2.05, 4.69) is 20.2 Å². The summed E-state index contributed by atoms with van der Waals surface area (Å²) in [6.45, 7) is 4.09. The molecular formula is C14H15N5OS. The van der Waals surface area contributed by atoms with Crippen molar-refractivity contribution in [1.82, 2.24) is 24.6 Å². The molecule has 0 saturated heterocycles. The van der Waals surface area contributed by atoms with Crippen LogP contribution in [0.1, 0.15) is 31.2 Å². The Morgan fingerprint density at radius 3 is 2.90 bits per heavy atom. The first-order valence-electron chi connectivity index (χ1n) is 6.66. The fourth-order valence-corrected chi connectivity index (χ4v) is 2.94. The van der Waals surface area contributed by atoms with E-state index in [9.17, 15) is 4.79 Å². The van der Waals surface area contributed by atoms with E-state index in [1.165, 1.54) is 0 Å². The van der Waals surface area contributed by atoms with Gasteiger partial charge in [0.15, 0.2) is 5.16 Å². The van der Waals surface area contributed by atoms with Crippen molar-refractivity contribution in [2.45, 2.75) is 30.7 Å². The number of hydrogen-bond acceptors (Lipinski definition) is 5. The van der Waals surface area contributed by atoms with E-state index in [0.29, 0.717) is 11.5 Å². The summed E-state index contributed by atoms with van der Waals surface area (Å²) in [6.07, 6.45) is 1.77. The highest BCUT2D eigenvalue weighted by atomic mass is 32.2. The number of rotatable bonds is 4. The zero-order chi connectivity index (χ0) is 14.8. The van der Waals surface area contributed by atoms with Crippen LogP contribution < -0.4 is 5.56 Å². The molecule has 6 nitrogen and oxygen atoms in total. The molecule has 0 atom stereocenters. The number of nitrogens with one attached hydrogen (secondary N) is 1. The van der Waals surface area contributed by atoms with Gasteiger partial charge in [0.05, 0.1) is 5.69 Å². The summed E-state index contributed by atoms with van der Waals surface area (Å²) >= 11 is 1.55. The second-order valence-electron chi connectivity index (χ2n) is 4.96. The fourth-order valence-electron chi connectivity index (χ4n) is 2.07. The van der Waals surface area contributed by atoms with Crippen LogP contribution in [-0.4, -0.2) is 24.6 Å². The predicted molar refractivity (Wildman–Crippen MR) is 81.5 cm³/mol. The van der Waals surface area contributed by atoms with Crippen LogP contribution in [0.3, 0.4) is 0 Å². The Balaban J connectivity index is 1.98. The van der Waals surface area contributed by atoms with Crippen LogP contribution >= 0.6 is 11.8 Å². The first kappa shape index (κ1) is 13.8. The van der Waals surface area contributed by atoms with Gasteiger partial charge in [-0.1, -0.05) is 31.7 Å². The maximum absolute atomic E-state index is 11.6. The van der Waals surface area contributed by atoms with E-state index in [1.54, 1.807) is 24.0 Å². The van der Waals surface area contributed by atoms with E-state index in [-0.39, 0.29) is 11.5 Å². The molecule has 0 unspecified atom stereocenters. The Morgan fingerprint density at radius 1 is 1.33 bits per heavy atom. The molecule has 21 heavy (non-hydrogen) atoms. The molecule has 7 heteroatoms. The SMILES string of the molecule is CC(C)c1cc(=O)[nH]c2nnc(SCc3ccccn3)n12. The number of aromatic amines is 1. The smallest absolute Gasteiger partial charge is 0.252 e. The third kappa shape index (κ3) is 2.82. The van der Waals surface area contributed by atoms with Gasteiger partial charge in [0, 0.05) is 23.7 Å². The van der Waals surface area contributed by atoms with Crippen molar-refractivity contribution in [2.24, 2.45) is 0 Å². The minimum absolute atomic E-state index is 0.153. The van der Waals surface area contributed by atoms with Crippen LogP contribution in [0, 0.1) is 0 Å². The van der Waals surface area contributed by atoms with Gasteiger partial charge < -0.3 is 0 Å². The molecule has 0 amide bonds. The minimum Gasteiger partial charge on any atom is -0.291 e. The number of nitrogens with zero attached hydrogens (tertiary/aromatic N) is 4. The van der Waals surface area contributed by atoms with E-state index < -0.39 is 0 Å². The molecule has 0 radical (unpaired) electrons. The first-order chi connectivity index (χ1) is 10.1. The Hall–Kier alpha value is -2.15. The van der Waals surface area contributed by atoms with Crippen LogP contribution in [0.4, 0.5) is 0 Å². The number of H-pyrrole nitrogens is 1. The number of thioether (sulfide) groups is 1. The molecule has 3 heterocycles. The summed E-state index contributed by atoms with van der Waals surface area (Å²) in [5.41, 5.74) is 1.73. The van der Waals surface area contributed by atoms with Crippen molar-refractivity contribution in [3.05, 3.63) is 52.2 Å². The molecule has 0 bridgehead atoms. The lowest BCUT2D eigenvalue weighted by atomic mass is 10.1. The molecule has 0 fully saturated rings. The zero-order valence-electron chi connectivity index (χ0n) is 11.8. The summed E-state index contributed by atoms with van der Waals surface area (Å²) in [5, 5.41) is 8.98. The van der Waals surface area contributed by atoms with Gasteiger partial charge in [-0.2, -0.15) is 0 Å². The maximum Gasteiger partial charge on any atom is 0.252 e. The zero-order valence-corrected chi connectivity index (χ0v) is 12.6. The van der Waals surface area contributed by atoms with Gasteiger partial charge in [-0.05, 0) is 18.1 Å². The van der Waals surface area contributed by atoms with Gasteiger partial charge in [0.2, 0.25) is 5.78 Å². The molecule has 3 aromatic heterocycles. The van der Waals surface area contributed by atoms with Gasteiger partial charge in [-0.15, -0.1) is 10.2 Å². The first-order valence-corrected chi connectivity index (χ1v) is 7.65. The highest BCUT2D eigenvalue weighted by Crippen LogP contribution is 2.23. The summed E-state index contributed by atoms with van der Waals surface area (Å²) in [5.74, 6) is 1.40. The van der Waals surface area contributed by atoms with Crippen molar-refractivity contribution in [3.63, 3.8) is 0 Å². The van der Waals surface area contributed by atoms with E-state index in [4.69, 9.17) is 0 Å². The number of fused-ring (bicyclic) bond motifs is 1. The van der Waals surface area contributed by atoms with Crippen molar-refractivity contribution in [1.29, 1.82) is 0 Å². The quantitative estimate of drug-likeness (QED) is 0.748. The lowest BCUT2D eigenvalue weighted by molar-refractivity contribution is 0.754. The second kappa shape index (κ2) is 5.69. The largest absolute Gasteiger partial charge is 0.291 e. The summed E-state index contributed by atoms with van der Waals surface area (Å²) < 4.78 is 1.90. The molecule has 3 aromatic rings. The number of aromatic nitrogens is 5. The van der Waals surface area contributed by atoms with Gasteiger partial charge in [-0.3, -0.25) is 19.2 Å². The molecule has 108 valence electrons. The van der Waals surface area contributed by atoms with Crippen LogP contribution in [0.15, 0.2) is 40.4 Å². The van der Waals surface area contributed by atoms with E-state index >= 15 is 0 Å². The topological polar surface area (TPSA) is 75.9 Å². The van der Waals surface area contributed by atoms with Crippen LogP contribution in [0.5, 0.6) is 0 Å². The Labute approximate surface area is 125 Å². The van der Waals surface area contributed by atoms with Crippen LogP contribution in [0.25, 0.3) is 5.78 Å². The Bertz CT molecular complexity index is 809. The maximum atomic E-state index is 11.6. The van der Waals surface area contributed by atoms with Gasteiger partial charge in [0.25, 0.3) is 5.56 Å². The van der Waals surface area contributed by atoms with Crippen molar-refractivity contribution in [3.8, 4) is 0 Å². The molecule has 0 aromatic carbocycles. The Kier molecular flexibility index (Phi) is 3.74. The predicted octanol–water partition coefficient (Wildman–Crippen LogP) is 2.23. The molecule has 0 saturated carbocycles. The van der Waals surface area contributed by atoms with Crippen molar-refractivity contribution < 1.29 is 0 Å². The standard InChI is InChI=1S/C14H15N5OS/c1-9(2)11-7-12(20)16-13-17-18-14(19(11)13)21-8-10-5-3-4-6-15-10/h3-7,9H,8H2,1-2H3,(H,16,17,20). The molecule has 0 aliphatic rings. The molecule has 1 N–H and O–H groups in total. The van der Waals surface area contributed by atoms with E-state index in [1.807, 2.05) is 36.4 Å². The lowest BCUT2D eigenvalue weighted by Crippen LogP contribution is -2.12. The number of hydrogen-bond donors (Lipinski definition) is 1. The van der Waals surface area contributed by atoms with Crippen LogP contribution in [-0.2, 0) is 5.75 Å². The van der Waals surface area contributed by atoms with Crippen LogP contribution in [0.2, 0.25) is 0 Å². The van der Waals surface area contributed by atoms with Crippen molar-refractivity contribution in [2.75, 3.05) is 0 Å². The Morgan fingerprint density at radius 2 is 2.19 bits per heavy atom.